The van der Waals surface area contributed by atoms with Crippen LogP contribution < -0.4 is 10.6 Å². The standard InChI is InChI=1S/C30H33FN4O2/c1-17-15-35(16-18(2)32-17)28(36)13-12-23-19(3)27(33-20(23)4)14-25-29-24(21-8-10-22(31)11-9-21)6-5-7-26(29)34-30(25)37/h5-11,14,17-18,32-33H,12-13,15-16H2,1-4H3,(H,34,37)/t17-,18-/m1/s1. The topological polar surface area (TPSA) is 77.2 Å². The van der Waals surface area contributed by atoms with Crippen molar-refractivity contribution in [2.75, 3.05) is 18.4 Å². The molecule has 5 rings (SSSR count). The van der Waals surface area contributed by atoms with E-state index in [-0.39, 0.29) is 17.6 Å². The van der Waals surface area contributed by atoms with Crippen LogP contribution in [0.2, 0.25) is 0 Å². The van der Waals surface area contributed by atoms with Crippen LogP contribution in [0.3, 0.4) is 0 Å². The molecule has 0 aliphatic carbocycles. The number of rotatable bonds is 5. The summed E-state index contributed by atoms with van der Waals surface area (Å²) in [5.74, 6) is -0.297. The smallest absolute Gasteiger partial charge is 0.256 e. The van der Waals surface area contributed by atoms with Gasteiger partial charge in [0.05, 0.1) is 5.57 Å². The lowest BCUT2D eigenvalue weighted by molar-refractivity contribution is -0.132. The summed E-state index contributed by atoms with van der Waals surface area (Å²) >= 11 is 0. The highest BCUT2D eigenvalue weighted by atomic mass is 19.1. The van der Waals surface area contributed by atoms with Crippen LogP contribution in [-0.4, -0.2) is 46.9 Å². The van der Waals surface area contributed by atoms with Gasteiger partial charge in [-0.05, 0) is 80.6 Å². The van der Waals surface area contributed by atoms with E-state index in [0.717, 1.165) is 58.0 Å². The summed E-state index contributed by atoms with van der Waals surface area (Å²) in [6.07, 6.45) is 2.99. The van der Waals surface area contributed by atoms with Crippen LogP contribution in [0.25, 0.3) is 22.8 Å². The van der Waals surface area contributed by atoms with E-state index in [1.807, 2.05) is 43.0 Å². The quantitative estimate of drug-likeness (QED) is 0.428. The van der Waals surface area contributed by atoms with Gasteiger partial charge in [0.1, 0.15) is 5.82 Å². The number of piperazine rings is 1. The van der Waals surface area contributed by atoms with Crippen molar-refractivity contribution in [1.29, 1.82) is 0 Å². The highest BCUT2D eigenvalue weighted by Gasteiger charge is 2.28. The molecule has 2 atom stereocenters. The van der Waals surface area contributed by atoms with Crippen LogP contribution in [-0.2, 0) is 16.0 Å². The predicted octanol–water partition coefficient (Wildman–Crippen LogP) is 5.07. The summed E-state index contributed by atoms with van der Waals surface area (Å²) in [6, 6.07) is 12.6. The monoisotopic (exact) mass is 500 g/mol. The van der Waals surface area contributed by atoms with E-state index in [2.05, 4.69) is 29.5 Å². The number of hydrogen-bond donors (Lipinski definition) is 3. The number of aromatic amines is 1. The Morgan fingerprint density at radius 1 is 1.08 bits per heavy atom. The number of carbonyl (C=O) groups excluding carboxylic acids is 2. The Morgan fingerprint density at radius 2 is 1.78 bits per heavy atom. The Hall–Kier alpha value is -3.71. The summed E-state index contributed by atoms with van der Waals surface area (Å²) in [5.41, 5.74) is 7.84. The van der Waals surface area contributed by atoms with Crippen molar-refractivity contribution >= 4 is 29.2 Å². The van der Waals surface area contributed by atoms with Gasteiger partial charge in [-0.3, -0.25) is 9.59 Å². The largest absolute Gasteiger partial charge is 0.359 e. The third-order valence-corrected chi connectivity index (χ3v) is 7.40. The molecule has 3 heterocycles. The van der Waals surface area contributed by atoms with E-state index < -0.39 is 0 Å². The van der Waals surface area contributed by atoms with Crippen molar-refractivity contribution in [3.8, 4) is 11.1 Å². The Labute approximate surface area is 217 Å². The van der Waals surface area contributed by atoms with Crippen LogP contribution in [0.15, 0.2) is 42.5 Å². The molecule has 0 radical (unpaired) electrons. The molecule has 6 nitrogen and oxygen atoms in total. The lowest BCUT2D eigenvalue weighted by atomic mass is 9.94. The molecular weight excluding hydrogens is 467 g/mol. The summed E-state index contributed by atoms with van der Waals surface area (Å²) in [4.78, 5) is 31.4. The maximum absolute atomic E-state index is 13.5. The molecule has 0 saturated carbocycles. The number of halogens is 1. The van der Waals surface area contributed by atoms with Gasteiger partial charge in [0.15, 0.2) is 0 Å². The second-order valence-electron chi connectivity index (χ2n) is 10.3. The van der Waals surface area contributed by atoms with E-state index in [9.17, 15) is 14.0 Å². The lowest BCUT2D eigenvalue weighted by Crippen LogP contribution is -2.55. The Kier molecular flexibility index (Phi) is 6.73. The molecule has 192 valence electrons. The molecule has 0 bridgehead atoms. The van der Waals surface area contributed by atoms with E-state index >= 15 is 0 Å². The molecule has 3 aromatic rings. The molecule has 1 fully saturated rings. The molecule has 0 unspecified atom stereocenters. The minimum absolute atomic E-state index is 0.171. The number of hydrogen-bond acceptors (Lipinski definition) is 3. The zero-order valence-electron chi connectivity index (χ0n) is 21.7. The Bertz CT molecular complexity index is 1380. The third kappa shape index (κ3) is 4.96. The first kappa shape index (κ1) is 25.0. The van der Waals surface area contributed by atoms with Gasteiger partial charge in [-0.2, -0.15) is 0 Å². The number of aromatic nitrogens is 1. The summed E-state index contributed by atoms with van der Waals surface area (Å²) in [6.45, 7) is 9.72. The number of nitrogens with one attached hydrogen (secondary N) is 3. The molecule has 2 aromatic carbocycles. The van der Waals surface area contributed by atoms with E-state index in [1.165, 1.54) is 12.1 Å². The fourth-order valence-electron chi connectivity index (χ4n) is 5.66. The first-order valence-corrected chi connectivity index (χ1v) is 12.9. The fourth-order valence-corrected chi connectivity index (χ4v) is 5.66. The number of benzene rings is 2. The number of aryl methyl sites for hydroxylation is 1. The van der Waals surface area contributed by atoms with Gasteiger partial charge in [0, 0.05) is 54.2 Å². The Morgan fingerprint density at radius 3 is 2.49 bits per heavy atom. The summed E-state index contributed by atoms with van der Waals surface area (Å²) in [5, 5.41) is 6.43. The van der Waals surface area contributed by atoms with Crippen LogP contribution in [0.1, 0.15) is 48.3 Å². The SMILES string of the molecule is Cc1[nH]c(C=C2C(=O)Nc3cccc(-c4ccc(F)cc4)c32)c(C)c1CCC(=O)N1C[C@@H](C)N[C@H](C)C1. The minimum Gasteiger partial charge on any atom is -0.359 e. The summed E-state index contributed by atoms with van der Waals surface area (Å²) in [7, 11) is 0. The molecule has 0 spiro atoms. The molecule has 2 amide bonds. The average molecular weight is 501 g/mol. The average Bonchev–Trinajstić information content (AvgIpc) is 3.32. The van der Waals surface area contributed by atoms with Gasteiger partial charge in [-0.15, -0.1) is 0 Å². The van der Waals surface area contributed by atoms with Crippen LogP contribution in [0.4, 0.5) is 10.1 Å². The molecule has 3 N–H and O–H groups in total. The molecule has 2 aliphatic heterocycles. The van der Waals surface area contributed by atoms with Crippen molar-refractivity contribution in [3.05, 3.63) is 76.4 Å². The van der Waals surface area contributed by atoms with Crippen LogP contribution >= 0.6 is 0 Å². The molecule has 1 saturated heterocycles. The molecule has 7 heteroatoms. The van der Waals surface area contributed by atoms with Crippen LogP contribution in [0.5, 0.6) is 0 Å². The maximum atomic E-state index is 13.5. The minimum atomic E-state index is -0.300. The third-order valence-electron chi connectivity index (χ3n) is 7.40. The first-order valence-electron chi connectivity index (χ1n) is 12.9. The normalized spacial score (nSPS) is 20.3. The van der Waals surface area contributed by atoms with Gasteiger partial charge in [-0.1, -0.05) is 24.3 Å². The van der Waals surface area contributed by atoms with E-state index in [4.69, 9.17) is 0 Å². The van der Waals surface area contributed by atoms with Gasteiger partial charge in [0.2, 0.25) is 5.91 Å². The predicted molar refractivity (Wildman–Crippen MR) is 146 cm³/mol. The van der Waals surface area contributed by atoms with E-state index in [1.54, 1.807) is 12.1 Å². The number of carbonyl (C=O) groups is 2. The number of anilines is 1. The lowest BCUT2D eigenvalue weighted by Gasteiger charge is -2.36. The molecule has 1 aromatic heterocycles. The van der Waals surface area contributed by atoms with Crippen molar-refractivity contribution in [3.63, 3.8) is 0 Å². The van der Waals surface area contributed by atoms with E-state index in [0.29, 0.717) is 30.5 Å². The highest BCUT2D eigenvalue weighted by Crippen LogP contribution is 2.40. The van der Waals surface area contributed by atoms with Gasteiger partial charge < -0.3 is 20.5 Å². The number of amides is 2. The molecule has 37 heavy (non-hydrogen) atoms. The summed E-state index contributed by atoms with van der Waals surface area (Å²) < 4.78 is 13.5. The van der Waals surface area contributed by atoms with Crippen LogP contribution in [0, 0.1) is 19.7 Å². The molecule has 2 aliphatic rings. The number of nitrogens with zero attached hydrogens (tertiary/aromatic N) is 1. The van der Waals surface area contributed by atoms with Gasteiger partial charge in [0.25, 0.3) is 5.91 Å². The second kappa shape index (κ2) is 9.98. The highest BCUT2D eigenvalue weighted by molar-refractivity contribution is 6.36. The van der Waals surface area contributed by atoms with Crippen molar-refractivity contribution in [1.82, 2.24) is 15.2 Å². The number of fused-ring (bicyclic) bond motifs is 1. The zero-order valence-corrected chi connectivity index (χ0v) is 21.7. The Balaban J connectivity index is 1.42. The van der Waals surface area contributed by atoms with Gasteiger partial charge in [-0.25, -0.2) is 4.39 Å². The van der Waals surface area contributed by atoms with Crippen molar-refractivity contribution in [2.45, 2.75) is 52.6 Å². The number of H-pyrrole nitrogens is 1. The molecular formula is C30H33FN4O2. The fraction of sp³-hybridized carbons (Fsp3) is 0.333. The second-order valence-corrected chi connectivity index (χ2v) is 10.3. The van der Waals surface area contributed by atoms with Crippen molar-refractivity contribution < 1.29 is 14.0 Å². The first-order chi connectivity index (χ1) is 17.7. The zero-order chi connectivity index (χ0) is 26.3. The van der Waals surface area contributed by atoms with Crippen molar-refractivity contribution in [2.24, 2.45) is 0 Å². The maximum Gasteiger partial charge on any atom is 0.256 e. The van der Waals surface area contributed by atoms with Gasteiger partial charge >= 0.3 is 0 Å².